The Bertz CT molecular complexity index is 985. The van der Waals surface area contributed by atoms with Crippen molar-refractivity contribution in [3.05, 3.63) is 21.8 Å². The first-order valence-corrected chi connectivity index (χ1v) is 14.8. The van der Waals surface area contributed by atoms with E-state index in [1.807, 2.05) is 67.8 Å². The Morgan fingerprint density at radius 1 is 0.833 bits per heavy atom. The predicted molar refractivity (Wildman–Crippen MR) is 158 cm³/mol. The van der Waals surface area contributed by atoms with Crippen molar-refractivity contribution in [3.8, 4) is 0 Å². The van der Waals surface area contributed by atoms with E-state index in [2.05, 4.69) is 16.0 Å². The average molecular weight is 862 g/mol. The van der Waals surface area contributed by atoms with Crippen LogP contribution in [0.2, 0.25) is 0 Å². The molecule has 1 aromatic rings. The highest BCUT2D eigenvalue weighted by Gasteiger charge is 2.35. The number of halogens is 4. The van der Waals surface area contributed by atoms with Gasteiger partial charge in [-0.2, -0.15) is 0 Å². The van der Waals surface area contributed by atoms with Crippen molar-refractivity contribution < 1.29 is 33.3 Å². The second kappa shape index (κ2) is 12.4. The van der Waals surface area contributed by atoms with Gasteiger partial charge < -0.3 is 34.9 Å². The van der Waals surface area contributed by atoms with E-state index in [-0.39, 0.29) is 42.3 Å². The Morgan fingerprint density at radius 3 is 1.58 bits per heavy atom. The molecular formula is C22H27ClI3N3O7. The van der Waals surface area contributed by atoms with E-state index >= 15 is 0 Å². The molecule has 36 heavy (non-hydrogen) atoms. The Hall–Kier alpha value is -0.0500. The molecule has 2 saturated heterocycles. The summed E-state index contributed by atoms with van der Waals surface area (Å²) in [5.41, 5.74) is 0.888. The van der Waals surface area contributed by atoms with Crippen LogP contribution < -0.4 is 16.0 Å². The highest BCUT2D eigenvalue weighted by molar-refractivity contribution is 14.1. The minimum absolute atomic E-state index is 0.222. The zero-order chi connectivity index (χ0) is 26.8. The molecule has 14 heteroatoms. The van der Waals surface area contributed by atoms with Crippen molar-refractivity contribution in [2.45, 2.75) is 51.5 Å². The first-order valence-electron chi connectivity index (χ1n) is 11.0. The molecule has 3 rings (SSSR count). The summed E-state index contributed by atoms with van der Waals surface area (Å²) < 4.78 is 24.1. The molecule has 2 heterocycles. The molecule has 0 aromatic heterocycles. The Labute approximate surface area is 255 Å². The van der Waals surface area contributed by atoms with E-state index in [1.54, 1.807) is 27.7 Å². The maximum atomic E-state index is 13.3. The van der Waals surface area contributed by atoms with Crippen LogP contribution in [0.4, 0.5) is 5.69 Å². The zero-order valence-electron chi connectivity index (χ0n) is 20.1. The second-order valence-corrected chi connectivity index (χ2v) is 12.6. The first-order chi connectivity index (χ1) is 16.7. The van der Waals surface area contributed by atoms with Gasteiger partial charge in [-0.05, 0) is 95.5 Å². The second-order valence-electron chi connectivity index (χ2n) is 9.07. The van der Waals surface area contributed by atoms with Crippen LogP contribution in [0.3, 0.4) is 0 Å². The van der Waals surface area contributed by atoms with E-state index in [9.17, 15) is 14.4 Å². The van der Waals surface area contributed by atoms with Gasteiger partial charge in [0.1, 0.15) is 18.1 Å². The van der Waals surface area contributed by atoms with Crippen LogP contribution in [0.25, 0.3) is 0 Å². The summed E-state index contributed by atoms with van der Waals surface area (Å²) in [6.07, 6.45) is -0.613. The van der Waals surface area contributed by atoms with Crippen LogP contribution in [0.1, 0.15) is 48.4 Å². The van der Waals surface area contributed by atoms with Crippen molar-refractivity contribution in [1.82, 2.24) is 10.6 Å². The van der Waals surface area contributed by atoms with Crippen molar-refractivity contribution in [1.29, 1.82) is 0 Å². The highest BCUT2D eigenvalue weighted by Crippen LogP contribution is 2.36. The summed E-state index contributed by atoms with van der Waals surface area (Å²) in [7, 11) is 0. The molecule has 3 N–H and O–H groups in total. The molecular weight excluding hydrogens is 834 g/mol. The van der Waals surface area contributed by atoms with E-state index in [1.165, 1.54) is 0 Å². The van der Waals surface area contributed by atoms with Gasteiger partial charge in [-0.15, -0.1) is 11.6 Å². The molecule has 0 saturated carbocycles. The van der Waals surface area contributed by atoms with Gasteiger partial charge in [0.2, 0.25) is 5.91 Å². The number of nitrogens with one attached hydrogen (secondary N) is 3. The number of benzene rings is 1. The molecule has 0 bridgehead atoms. The van der Waals surface area contributed by atoms with Crippen LogP contribution in [-0.4, -0.2) is 73.7 Å². The number of anilines is 1. The number of carbonyl (C=O) groups excluding carboxylic acids is 3. The molecule has 10 nitrogen and oxygen atoms in total. The van der Waals surface area contributed by atoms with Gasteiger partial charge in [0.25, 0.3) is 11.8 Å². The van der Waals surface area contributed by atoms with Crippen molar-refractivity contribution in [2.75, 3.05) is 37.5 Å². The van der Waals surface area contributed by atoms with Crippen LogP contribution in [-0.2, 0) is 23.7 Å². The van der Waals surface area contributed by atoms with E-state index < -0.39 is 29.3 Å². The monoisotopic (exact) mass is 861 g/mol. The number of alkyl halides is 1. The van der Waals surface area contributed by atoms with Gasteiger partial charge in [-0.25, -0.2) is 0 Å². The molecule has 2 aliphatic rings. The smallest absolute Gasteiger partial charge is 0.253 e. The number of carbonyl (C=O) groups is 3. The highest BCUT2D eigenvalue weighted by atomic mass is 127. The lowest BCUT2D eigenvalue weighted by Gasteiger charge is -2.21. The fourth-order valence-electron chi connectivity index (χ4n) is 3.66. The quantitative estimate of drug-likeness (QED) is 0.271. The molecule has 2 fully saturated rings. The van der Waals surface area contributed by atoms with Gasteiger partial charge in [0.15, 0.2) is 11.6 Å². The summed E-state index contributed by atoms with van der Waals surface area (Å²) in [6, 6.07) is 0. The molecule has 200 valence electrons. The van der Waals surface area contributed by atoms with Crippen LogP contribution >= 0.6 is 79.4 Å². The predicted octanol–water partition coefficient (Wildman–Crippen LogP) is 3.44. The number of ether oxygens (including phenoxy) is 4. The number of rotatable bonds is 8. The summed E-state index contributed by atoms with van der Waals surface area (Å²) in [6.45, 7) is 8.37. The molecule has 3 amide bonds. The zero-order valence-corrected chi connectivity index (χ0v) is 27.3. The lowest BCUT2D eigenvalue weighted by Crippen LogP contribution is -2.37. The lowest BCUT2D eigenvalue weighted by molar-refractivity contribution is -0.138. The van der Waals surface area contributed by atoms with Crippen LogP contribution in [0.15, 0.2) is 0 Å². The first kappa shape index (κ1) is 30.5. The largest absolute Gasteiger partial charge is 0.349 e. The Kier molecular flexibility index (Phi) is 10.5. The molecule has 0 aliphatic carbocycles. The van der Waals surface area contributed by atoms with Gasteiger partial charge in [-0.3, -0.25) is 14.4 Å². The third-order valence-corrected chi connectivity index (χ3v) is 8.75. The summed E-state index contributed by atoms with van der Waals surface area (Å²) in [5.74, 6) is -2.96. The number of hydrogen-bond acceptors (Lipinski definition) is 7. The SMILES string of the molecule is CC1(C)OCC(CNC(=O)c2c(I)c(NC(=O)CCl)c(I)c(C(=O)NCC3COC(C)(C)O3)c2I)O1. The maximum absolute atomic E-state index is 13.3. The van der Waals surface area contributed by atoms with Gasteiger partial charge in [0, 0.05) is 16.7 Å². The summed E-state index contributed by atoms with van der Waals surface area (Å²) in [4.78, 5) is 38.8. The number of hydrogen-bond donors (Lipinski definition) is 3. The third kappa shape index (κ3) is 7.53. The Balaban J connectivity index is 1.87. The standard InChI is InChI=1S/C22H27ClI3N3O7/c1-21(2)33-8-10(35-21)6-27-19(31)13-15(24)14(17(26)18(16(13)25)29-12(30)5-23)20(32)28-7-11-9-34-22(3,4)36-11/h10-11H,5-9H2,1-4H3,(H,27,31)(H,28,32)(H,29,30). The normalized spacial score (nSPS) is 22.3. The number of amides is 3. The van der Waals surface area contributed by atoms with Crippen molar-refractivity contribution in [3.63, 3.8) is 0 Å². The molecule has 2 atom stereocenters. The molecule has 2 aliphatic heterocycles. The Morgan fingerprint density at radius 2 is 1.25 bits per heavy atom. The van der Waals surface area contributed by atoms with E-state index in [0.717, 1.165) is 0 Å². The molecule has 0 radical (unpaired) electrons. The van der Waals surface area contributed by atoms with E-state index in [4.69, 9.17) is 30.5 Å². The summed E-state index contributed by atoms with van der Waals surface area (Å²) >= 11 is 11.7. The maximum Gasteiger partial charge on any atom is 0.253 e. The van der Waals surface area contributed by atoms with Gasteiger partial charge in [-0.1, -0.05) is 0 Å². The summed E-state index contributed by atoms with van der Waals surface area (Å²) in [5, 5.41) is 8.45. The van der Waals surface area contributed by atoms with Crippen molar-refractivity contribution >= 4 is 103 Å². The van der Waals surface area contributed by atoms with Crippen LogP contribution in [0, 0.1) is 10.7 Å². The van der Waals surface area contributed by atoms with E-state index in [0.29, 0.717) is 29.6 Å². The molecule has 2 unspecified atom stereocenters. The van der Waals surface area contributed by atoms with Crippen molar-refractivity contribution in [2.24, 2.45) is 0 Å². The lowest BCUT2D eigenvalue weighted by atomic mass is 10.1. The average Bonchev–Trinajstić information content (AvgIpc) is 3.33. The third-order valence-electron chi connectivity index (χ3n) is 5.27. The van der Waals surface area contributed by atoms with Gasteiger partial charge >= 0.3 is 0 Å². The molecule has 1 aromatic carbocycles. The minimum atomic E-state index is -0.714. The molecule has 0 spiro atoms. The van der Waals surface area contributed by atoms with Gasteiger partial charge in [0.05, 0.1) is 37.2 Å². The van der Waals surface area contributed by atoms with Crippen LogP contribution in [0.5, 0.6) is 0 Å². The fraction of sp³-hybridized carbons (Fsp3) is 0.591. The fourth-order valence-corrected chi connectivity index (χ4v) is 8.14. The minimum Gasteiger partial charge on any atom is -0.349 e. The topological polar surface area (TPSA) is 124 Å².